The number of halogens is 1. The third-order valence-electron chi connectivity index (χ3n) is 5.94. The Bertz CT molecular complexity index is 1270. The van der Waals surface area contributed by atoms with Gasteiger partial charge in [-0.3, -0.25) is 14.3 Å². The highest BCUT2D eigenvalue weighted by Crippen LogP contribution is 2.47. The Morgan fingerprint density at radius 2 is 1.83 bits per heavy atom. The van der Waals surface area contributed by atoms with Gasteiger partial charge in [-0.1, -0.05) is 49.0 Å². The maximum atomic E-state index is 13.7. The van der Waals surface area contributed by atoms with Gasteiger partial charge in [0.2, 0.25) is 0 Å². The van der Waals surface area contributed by atoms with Crippen LogP contribution in [0.1, 0.15) is 42.0 Å². The van der Waals surface area contributed by atoms with Crippen LogP contribution in [0.3, 0.4) is 0 Å². The van der Waals surface area contributed by atoms with Crippen LogP contribution in [0.2, 0.25) is 0 Å². The molecule has 1 aromatic heterocycles. The van der Waals surface area contributed by atoms with Gasteiger partial charge in [0.25, 0.3) is 0 Å². The van der Waals surface area contributed by atoms with Crippen LogP contribution in [0, 0.1) is 12.7 Å². The fourth-order valence-corrected chi connectivity index (χ4v) is 4.73. The summed E-state index contributed by atoms with van der Waals surface area (Å²) in [5.74, 6) is -0.874. The first-order valence-corrected chi connectivity index (χ1v) is 13.0. The second-order valence-electron chi connectivity index (χ2n) is 8.72. The zero-order chi connectivity index (χ0) is 25.1. The van der Waals surface area contributed by atoms with Gasteiger partial charge in [-0.15, -0.1) is 0 Å². The number of nitrogens with zero attached hydrogens (tertiary/aromatic N) is 1. The number of benzene rings is 2. The number of carbonyl (C=O) groups is 1. The van der Waals surface area contributed by atoms with Gasteiger partial charge < -0.3 is 14.7 Å². The van der Waals surface area contributed by atoms with Crippen molar-refractivity contribution in [3.05, 3.63) is 83.8 Å². The summed E-state index contributed by atoms with van der Waals surface area (Å²) >= 11 is 0. The molecule has 8 heteroatoms. The smallest absolute Gasteiger partial charge is 0.313 e. The molecule has 0 saturated heterocycles. The van der Waals surface area contributed by atoms with Gasteiger partial charge in [0.1, 0.15) is 11.6 Å². The minimum absolute atomic E-state index is 0.0790. The molecule has 2 atom stereocenters. The van der Waals surface area contributed by atoms with E-state index in [0.29, 0.717) is 5.56 Å². The van der Waals surface area contributed by atoms with Crippen LogP contribution in [0.4, 0.5) is 4.39 Å². The van der Waals surface area contributed by atoms with Crippen molar-refractivity contribution in [1.82, 2.24) is 4.98 Å². The van der Waals surface area contributed by atoms with Crippen molar-refractivity contribution in [2.75, 3.05) is 6.16 Å². The SMILES string of the molecule is C=C(OC(=O)CC(O)C[PH](=O)O)c1c(C2CC2)nc(-c2ccccc2)c(C)c1-c1ccc(F)cc1. The molecule has 1 heterocycles. The number of pyridine rings is 1. The summed E-state index contributed by atoms with van der Waals surface area (Å²) < 4.78 is 30.3. The fraction of sp³-hybridized carbons (Fsp3) is 0.259. The number of aromatic nitrogens is 1. The number of rotatable bonds is 9. The molecule has 1 fully saturated rings. The molecule has 0 spiro atoms. The lowest BCUT2D eigenvalue weighted by atomic mass is 9.89. The third kappa shape index (κ3) is 5.93. The molecule has 0 bridgehead atoms. The Hall–Kier alpha value is -3.12. The van der Waals surface area contributed by atoms with Crippen molar-refractivity contribution in [2.24, 2.45) is 0 Å². The first-order chi connectivity index (χ1) is 16.7. The van der Waals surface area contributed by atoms with E-state index in [4.69, 9.17) is 14.6 Å². The average Bonchev–Trinajstić information content (AvgIpc) is 3.64. The van der Waals surface area contributed by atoms with Crippen LogP contribution in [0.25, 0.3) is 28.1 Å². The second kappa shape index (κ2) is 10.6. The minimum atomic E-state index is -2.92. The molecule has 2 unspecified atom stereocenters. The van der Waals surface area contributed by atoms with Gasteiger partial charge in [0.15, 0.2) is 8.03 Å². The van der Waals surface area contributed by atoms with Crippen LogP contribution >= 0.6 is 8.03 Å². The van der Waals surface area contributed by atoms with E-state index in [-0.39, 0.29) is 23.7 Å². The number of aliphatic hydroxyl groups is 1. The summed E-state index contributed by atoms with van der Waals surface area (Å²) in [6, 6.07) is 15.8. The molecule has 2 N–H and O–H groups in total. The van der Waals surface area contributed by atoms with E-state index in [1.54, 1.807) is 12.1 Å². The lowest BCUT2D eigenvalue weighted by Gasteiger charge is -2.22. The highest BCUT2D eigenvalue weighted by Gasteiger charge is 2.33. The summed E-state index contributed by atoms with van der Waals surface area (Å²) in [5.41, 5.74) is 5.38. The predicted octanol–water partition coefficient (Wildman–Crippen LogP) is 5.47. The second-order valence-corrected chi connectivity index (χ2v) is 9.92. The maximum absolute atomic E-state index is 13.7. The maximum Gasteiger partial charge on any atom is 0.313 e. The van der Waals surface area contributed by atoms with E-state index in [9.17, 15) is 18.9 Å². The quantitative estimate of drug-likeness (QED) is 0.232. The van der Waals surface area contributed by atoms with Crippen LogP contribution in [0.15, 0.2) is 61.2 Å². The van der Waals surface area contributed by atoms with Gasteiger partial charge in [0, 0.05) is 23.2 Å². The number of hydrogen-bond donors (Lipinski definition) is 2. The van der Waals surface area contributed by atoms with Crippen molar-refractivity contribution in [1.29, 1.82) is 0 Å². The summed E-state index contributed by atoms with van der Waals surface area (Å²) in [7, 11) is -2.92. The first kappa shape index (κ1) is 25.0. The van der Waals surface area contributed by atoms with Crippen LogP contribution < -0.4 is 0 Å². The lowest BCUT2D eigenvalue weighted by molar-refractivity contribution is -0.138. The molecule has 0 amide bonds. The van der Waals surface area contributed by atoms with E-state index in [1.807, 2.05) is 37.3 Å². The topological polar surface area (TPSA) is 96.7 Å². The standard InChI is InChI=1S/C27H27FNO5P/c1-16-24(18-10-12-21(28)13-11-18)25(17(2)34-23(31)14-22(30)15-35(32)33)27(20-8-9-20)29-26(16)19-6-4-3-5-7-19/h3-7,10-13,20,22,30,35H,2,8-9,14-15H2,1H3,(H,32,33). The van der Waals surface area contributed by atoms with Crippen LogP contribution in [-0.2, 0) is 14.1 Å². The molecule has 1 aliphatic rings. The molecular formula is C27H27FNO5P. The number of carbonyl (C=O) groups excluding carboxylic acids is 1. The molecule has 0 aliphatic heterocycles. The third-order valence-corrected chi connectivity index (χ3v) is 6.76. The first-order valence-electron chi connectivity index (χ1n) is 11.4. The van der Waals surface area contributed by atoms with E-state index in [2.05, 4.69) is 6.58 Å². The van der Waals surface area contributed by atoms with Gasteiger partial charge in [-0.25, -0.2) is 4.39 Å². The van der Waals surface area contributed by atoms with Crippen molar-refractivity contribution in [2.45, 2.75) is 38.2 Å². The molecule has 3 aromatic rings. The van der Waals surface area contributed by atoms with E-state index in [1.165, 1.54) is 12.1 Å². The number of ether oxygens (including phenoxy) is 1. The fourth-order valence-electron chi connectivity index (χ4n) is 4.18. The van der Waals surface area contributed by atoms with Gasteiger partial charge >= 0.3 is 5.97 Å². The normalized spacial score (nSPS) is 14.9. The zero-order valence-electron chi connectivity index (χ0n) is 19.3. The number of aliphatic hydroxyl groups excluding tert-OH is 1. The average molecular weight is 495 g/mol. The Balaban J connectivity index is 1.81. The molecule has 0 radical (unpaired) electrons. The monoisotopic (exact) mass is 495 g/mol. The summed E-state index contributed by atoms with van der Waals surface area (Å²) in [6.07, 6.45) is -0.232. The van der Waals surface area contributed by atoms with E-state index in [0.717, 1.165) is 46.5 Å². The number of hydrogen-bond acceptors (Lipinski definition) is 5. The van der Waals surface area contributed by atoms with Gasteiger partial charge in [0.05, 0.1) is 23.9 Å². The largest absolute Gasteiger partial charge is 0.426 e. The Labute approximate surface area is 204 Å². The molecule has 1 saturated carbocycles. The van der Waals surface area contributed by atoms with Crippen molar-refractivity contribution in [3.63, 3.8) is 0 Å². The Kier molecular flexibility index (Phi) is 7.60. The van der Waals surface area contributed by atoms with Crippen LogP contribution in [-0.4, -0.2) is 33.2 Å². The van der Waals surface area contributed by atoms with E-state index < -0.39 is 26.5 Å². The van der Waals surface area contributed by atoms with Crippen molar-refractivity contribution in [3.8, 4) is 22.4 Å². The predicted molar refractivity (Wildman–Crippen MR) is 134 cm³/mol. The lowest BCUT2D eigenvalue weighted by Crippen LogP contribution is -2.18. The molecule has 182 valence electrons. The molecule has 4 rings (SSSR count). The molecule has 35 heavy (non-hydrogen) atoms. The zero-order valence-corrected chi connectivity index (χ0v) is 20.3. The van der Waals surface area contributed by atoms with Gasteiger partial charge in [-0.05, 0) is 48.6 Å². The summed E-state index contributed by atoms with van der Waals surface area (Å²) in [4.78, 5) is 26.5. The molecule has 2 aromatic carbocycles. The molecule has 1 aliphatic carbocycles. The molecular weight excluding hydrogens is 468 g/mol. The molecule has 6 nitrogen and oxygen atoms in total. The summed E-state index contributed by atoms with van der Waals surface area (Å²) in [6.45, 7) is 5.93. The van der Waals surface area contributed by atoms with Crippen LogP contribution in [0.5, 0.6) is 0 Å². The Morgan fingerprint density at radius 3 is 2.43 bits per heavy atom. The van der Waals surface area contributed by atoms with Gasteiger partial charge in [-0.2, -0.15) is 0 Å². The van der Waals surface area contributed by atoms with E-state index >= 15 is 0 Å². The number of esters is 1. The highest BCUT2D eigenvalue weighted by molar-refractivity contribution is 7.38. The Morgan fingerprint density at radius 1 is 1.17 bits per heavy atom. The van der Waals surface area contributed by atoms with Crippen molar-refractivity contribution < 1.29 is 28.5 Å². The van der Waals surface area contributed by atoms with Crippen molar-refractivity contribution >= 4 is 19.8 Å². The highest BCUT2D eigenvalue weighted by atomic mass is 31.1. The summed E-state index contributed by atoms with van der Waals surface area (Å²) in [5, 5.41) is 9.88. The minimum Gasteiger partial charge on any atom is -0.426 e.